The van der Waals surface area contributed by atoms with Crippen molar-refractivity contribution < 1.29 is 9.53 Å². The van der Waals surface area contributed by atoms with E-state index < -0.39 is 0 Å². The van der Waals surface area contributed by atoms with Gasteiger partial charge in [0.05, 0.1) is 12.6 Å². The molecule has 0 aliphatic carbocycles. The van der Waals surface area contributed by atoms with Gasteiger partial charge in [0, 0.05) is 13.0 Å². The number of amides is 1. The van der Waals surface area contributed by atoms with Gasteiger partial charge in [0.25, 0.3) is 0 Å². The first-order valence-electron chi connectivity index (χ1n) is 5.07. The first-order valence-corrected chi connectivity index (χ1v) is 5.07. The highest BCUT2D eigenvalue weighted by molar-refractivity contribution is 5.76. The number of hydrogen-bond donors (Lipinski definition) is 1. The third-order valence-electron chi connectivity index (χ3n) is 1.77. The van der Waals surface area contributed by atoms with Crippen molar-refractivity contribution in [1.29, 1.82) is 0 Å². The third kappa shape index (κ3) is 6.50. The van der Waals surface area contributed by atoms with Crippen LogP contribution in [-0.2, 0) is 9.53 Å². The Hall–Kier alpha value is -1.01. The Morgan fingerprint density at radius 3 is 2.71 bits per heavy atom. The van der Waals surface area contributed by atoms with Crippen LogP contribution in [0.25, 0.3) is 0 Å². The maximum Gasteiger partial charge on any atom is 0.223 e. The zero-order valence-electron chi connectivity index (χ0n) is 9.01. The lowest BCUT2D eigenvalue weighted by atomic mass is 10.2. The average Bonchev–Trinajstić information content (AvgIpc) is 2.21. The molecular weight excluding hydrogens is 178 g/mol. The van der Waals surface area contributed by atoms with E-state index in [-0.39, 0.29) is 11.9 Å². The van der Waals surface area contributed by atoms with Gasteiger partial charge < -0.3 is 10.1 Å². The SMILES string of the molecule is C#CC(CC)NC(=O)CCOCCC. The minimum atomic E-state index is -0.145. The summed E-state index contributed by atoms with van der Waals surface area (Å²) in [7, 11) is 0. The van der Waals surface area contributed by atoms with Crippen molar-refractivity contribution in [3.8, 4) is 12.3 Å². The Morgan fingerprint density at radius 2 is 2.21 bits per heavy atom. The van der Waals surface area contributed by atoms with E-state index in [1.165, 1.54) is 0 Å². The quantitative estimate of drug-likeness (QED) is 0.494. The smallest absolute Gasteiger partial charge is 0.223 e. The van der Waals surface area contributed by atoms with Gasteiger partial charge >= 0.3 is 0 Å². The molecule has 0 saturated carbocycles. The van der Waals surface area contributed by atoms with Gasteiger partial charge in [0.2, 0.25) is 5.91 Å². The summed E-state index contributed by atoms with van der Waals surface area (Å²) in [4.78, 5) is 11.2. The molecule has 0 aromatic carbocycles. The summed E-state index contributed by atoms with van der Waals surface area (Å²) in [5.74, 6) is 2.48. The Labute approximate surface area is 86.2 Å². The van der Waals surface area contributed by atoms with Crippen LogP contribution in [0.2, 0.25) is 0 Å². The van der Waals surface area contributed by atoms with Crippen molar-refractivity contribution in [2.45, 2.75) is 39.2 Å². The van der Waals surface area contributed by atoms with Crippen molar-refractivity contribution in [2.75, 3.05) is 13.2 Å². The molecule has 80 valence electrons. The summed E-state index contributed by atoms with van der Waals surface area (Å²) in [6.07, 6.45) is 7.34. The standard InChI is InChI=1S/C11H19NO2/c1-4-8-14-9-7-11(13)12-10(5-2)6-3/h2,10H,4,6-9H2,1,3H3,(H,12,13). The zero-order chi connectivity index (χ0) is 10.8. The van der Waals surface area contributed by atoms with Crippen LogP contribution in [0.3, 0.4) is 0 Å². The van der Waals surface area contributed by atoms with Gasteiger partial charge in [-0.1, -0.05) is 19.8 Å². The summed E-state index contributed by atoms with van der Waals surface area (Å²) < 4.78 is 5.19. The number of hydrogen-bond acceptors (Lipinski definition) is 2. The lowest BCUT2D eigenvalue weighted by Gasteiger charge is -2.10. The predicted octanol–water partition coefficient (Wildman–Crippen LogP) is 1.33. The third-order valence-corrected chi connectivity index (χ3v) is 1.77. The first kappa shape index (κ1) is 13.0. The van der Waals surface area contributed by atoms with E-state index in [0.29, 0.717) is 19.6 Å². The van der Waals surface area contributed by atoms with Gasteiger partial charge in [-0.05, 0) is 12.8 Å². The molecule has 0 aromatic rings. The molecule has 0 spiro atoms. The van der Waals surface area contributed by atoms with Gasteiger partial charge in [-0.3, -0.25) is 4.79 Å². The molecule has 0 aliphatic rings. The Balaban J connectivity index is 3.50. The van der Waals surface area contributed by atoms with E-state index in [9.17, 15) is 4.79 Å². The zero-order valence-corrected chi connectivity index (χ0v) is 9.01. The Morgan fingerprint density at radius 1 is 1.50 bits per heavy atom. The van der Waals surface area contributed by atoms with Crippen LogP contribution in [0.15, 0.2) is 0 Å². The van der Waals surface area contributed by atoms with Gasteiger partial charge in [-0.25, -0.2) is 0 Å². The lowest BCUT2D eigenvalue weighted by molar-refractivity contribution is -0.122. The second kappa shape index (κ2) is 8.58. The molecule has 3 heteroatoms. The summed E-state index contributed by atoms with van der Waals surface area (Å²) in [5, 5.41) is 2.74. The molecule has 0 saturated heterocycles. The topological polar surface area (TPSA) is 38.3 Å². The predicted molar refractivity (Wildman–Crippen MR) is 56.8 cm³/mol. The molecule has 0 rings (SSSR count). The highest BCUT2D eigenvalue weighted by Crippen LogP contribution is 1.91. The number of terminal acetylenes is 1. The summed E-state index contributed by atoms with van der Waals surface area (Å²) >= 11 is 0. The molecular formula is C11H19NO2. The highest BCUT2D eigenvalue weighted by atomic mass is 16.5. The Bertz CT molecular complexity index is 196. The molecule has 0 fully saturated rings. The number of carbonyl (C=O) groups excluding carboxylic acids is 1. The van der Waals surface area contributed by atoms with Crippen LogP contribution >= 0.6 is 0 Å². The van der Waals surface area contributed by atoms with E-state index >= 15 is 0 Å². The summed E-state index contributed by atoms with van der Waals surface area (Å²) in [6.45, 7) is 5.16. The molecule has 0 radical (unpaired) electrons. The van der Waals surface area contributed by atoms with Crippen LogP contribution in [0.5, 0.6) is 0 Å². The van der Waals surface area contributed by atoms with Crippen molar-refractivity contribution >= 4 is 5.91 Å². The minimum Gasteiger partial charge on any atom is -0.381 e. The molecule has 1 unspecified atom stereocenters. The van der Waals surface area contributed by atoms with Crippen LogP contribution < -0.4 is 5.32 Å². The molecule has 0 heterocycles. The maximum absolute atomic E-state index is 11.2. The number of rotatable bonds is 7. The molecule has 1 N–H and O–H groups in total. The van der Waals surface area contributed by atoms with Crippen LogP contribution in [0.4, 0.5) is 0 Å². The molecule has 0 aliphatic heterocycles. The van der Waals surface area contributed by atoms with Gasteiger partial charge in [0.15, 0.2) is 0 Å². The highest BCUT2D eigenvalue weighted by Gasteiger charge is 2.06. The lowest BCUT2D eigenvalue weighted by Crippen LogP contribution is -2.33. The van der Waals surface area contributed by atoms with E-state index in [4.69, 9.17) is 11.2 Å². The molecule has 3 nitrogen and oxygen atoms in total. The molecule has 0 bridgehead atoms. The van der Waals surface area contributed by atoms with Crippen molar-refractivity contribution in [3.63, 3.8) is 0 Å². The van der Waals surface area contributed by atoms with Crippen LogP contribution in [0.1, 0.15) is 33.1 Å². The molecule has 0 aromatic heterocycles. The largest absolute Gasteiger partial charge is 0.381 e. The normalized spacial score (nSPS) is 11.8. The number of nitrogens with one attached hydrogen (secondary N) is 1. The number of ether oxygens (including phenoxy) is 1. The second-order valence-electron chi connectivity index (χ2n) is 3.06. The monoisotopic (exact) mass is 197 g/mol. The van der Waals surface area contributed by atoms with Crippen molar-refractivity contribution in [2.24, 2.45) is 0 Å². The van der Waals surface area contributed by atoms with E-state index in [0.717, 1.165) is 12.8 Å². The summed E-state index contributed by atoms with van der Waals surface area (Å²) in [6, 6.07) is -0.145. The maximum atomic E-state index is 11.2. The van der Waals surface area contributed by atoms with Gasteiger partial charge in [0.1, 0.15) is 0 Å². The average molecular weight is 197 g/mol. The summed E-state index contributed by atoms with van der Waals surface area (Å²) in [5.41, 5.74) is 0. The molecule has 14 heavy (non-hydrogen) atoms. The fraction of sp³-hybridized carbons (Fsp3) is 0.727. The van der Waals surface area contributed by atoms with Gasteiger partial charge in [-0.2, -0.15) is 0 Å². The van der Waals surface area contributed by atoms with E-state index in [1.54, 1.807) is 0 Å². The first-order chi connectivity index (χ1) is 6.74. The van der Waals surface area contributed by atoms with Crippen molar-refractivity contribution in [1.82, 2.24) is 5.32 Å². The molecule has 1 amide bonds. The minimum absolute atomic E-state index is 0.0362. The van der Waals surface area contributed by atoms with Gasteiger partial charge in [-0.15, -0.1) is 6.42 Å². The number of carbonyl (C=O) groups is 1. The van der Waals surface area contributed by atoms with E-state index in [1.807, 2.05) is 13.8 Å². The van der Waals surface area contributed by atoms with E-state index in [2.05, 4.69) is 11.2 Å². The molecule has 1 atom stereocenters. The van der Waals surface area contributed by atoms with Crippen LogP contribution in [0, 0.1) is 12.3 Å². The second-order valence-corrected chi connectivity index (χ2v) is 3.06. The fourth-order valence-corrected chi connectivity index (χ4v) is 0.939. The van der Waals surface area contributed by atoms with Crippen LogP contribution in [-0.4, -0.2) is 25.2 Å². The van der Waals surface area contributed by atoms with Crippen molar-refractivity contribution in [3.05, 3.63) is 0 Å². The fourth-order valence-electron chi connectivity index (χ4n) is 0.939. The Kier molecular flexibility index (Phi) is 7.96.